The molecule has 0 spiro atoms. The minimum Gasteiger partial charge on any atom is -0.399 e. The fourth-order valence-electron chi connectivity index (χ4n) is 1.24. The maximum atomic E-state index is 5.99. The molecule has 0 atom stereocenters. The third-order valence-corrected chi connectivity index (χ3v) is 2.23. The van der Waals surface area contributed by atoms with Crippen LogP contribution in [0.3, 0.4) is 0 Å². The molecule has 0 bridgehead atoms. The van der Waals surface area contributed by atoms with Crippen molar-refractivity contribution in [2.45, 2.75) is 41.0 Å². The predicted molar refractivity (Wildman–Crippen MR) is 55.8 cm³/mol. The molecule has 0 aliphatic carbocycles. The number of nitrogens with two attached hydrogens (primary N) is 1. The van der Waals surface area contributed by atoms with Crippen molar-refractivity contribution in [1.29, 1.82) is 0 Å². The lowest BCUT2D eigenvalue weighted by molar-refractivity contribution is 0.766. The molecule has 70 valence electrons. The van der Waals surface area contributed by atoms with Gasteiger partial charge in [-0.05, 0) is 31.8 Å². The van der Waals surface area contributed by atoms with Crippen molar-refractivity contribution in [2.24, 2.45) is 11.7 Å². The standard InChI is InChI=1S/C11H21N/c1-6-9(5)11(12)10(7-2)8(3)4/h7-8H,6,12H2,1-5H3/b10-7-,11-9+. The molecule has 0 fully saturated rings. The first-order valence-corrected chi connectivity index (χ1v) is 4.66. The summed E-state index contributed by atoms with van der Waals surface area (Å²) < 4.78 is 0. The van der Waals surface area contributed by atoms with E-state index in [0.29, 0.717) is 5.92 Å². The normalized spacial score (nSPS) is 15.0. The zero-order valence-electron chi connectivity index (χ0n) is 8.94. The van der Waals surface area contributed by atoms with Gasteiger partial charge in [-0.1, -0.05) is 32.4 Å². The largest absolute Gasteiger partial charge is 0.399 e. The van der Waals surface area contributed by atoms with Crippen molar-refractivity contribution in [2.75, 3.05) is 0 Å². The Balaban J connectivity index is 4.77. The SMILES string of the molecule is C/C=C(\C(N)=C(\C)CC)C(C)C. The molecule has 0 heterocycles. The van der Waals surface area contributed by atoms with Crippen LogP contribution in [0.1, 0.15) is 41.0 Å². The van der Waals surface area contributed by atoms with E-state index in [9.17, 15) is 0 Å². The Hall–Kier alpha value is -0.720. The van der Waals surface area contributed by atoms with Gasteiger partial charge in [-0.3, -0.25) is 0 Å². The fourth-order valence-corrected chi connectivity index (χ4v) is 1.24. The highest BCUT2D eigenvalue weighted by Gasteiger charge is 2.06. The van der Waals surface area contributed by atoms with E-state index in [4.69, 9.17) is 5.73 Å². The Labute approximate surface area is 76.3 Å². The lowest BCUT2D eigenvalue weighted by Gasteiger charge is -2.13. The highest BCUT2D eigenvalue weighted by atomic mass is 14.6. The zero-order valence-corrected chi connectivity index (χ0v) is 8.94. The molecule has 0 saturated carbocycles. The van der Waals surface area contributed by atoms with Crippen LogP contribution >= 0.6 is 0 Å². The van der Waals surface area contributed by atoms with Gasteiger partial charge in [-0.2, -0.15) is 0 Å². The molecule has 0 unspecified atom stereocenters. The Kier molecular flexibility index (Phi) is 4.72. The van der Waals surface area contributed by atoms with Crippen LogP contribution in [0, 0.1) is 5.92 Å². The van der Waals surface area contributed by atoms with Crippen LogP contribution in [0.25, 0.3) is 0 Å². The number of hydrogen-bond donors (Lipinski definition) is 1. The Morgan fingerprint density at radius 1 is 1.42 bits per heavy atom. The van der Waals surface area contributed by atoms with Gasteiger partial charge in [-0.25, -0.2) is 0 Å². The van der Waals surface area contributed by atoms with Gasteiger partial charge >= 0.3 is 0 Å². The monoisotopic (exact) mass is 167 g/mol. The zero-order chi connectivity index (χ0) is 9.72. The maximum Gasteiger partial charge on any atom is 0.0334 e. The molecule has 0 rings (SSSR count). The number of rotatable bonds is 3. The van der Waals surface area contributed by atoms with Crippen LogP contribution in [0.15, 0.2) is 22.9 Å². The average Bonchev–Trinajstić information content (AvgIpc) is 2.03. The Morgan fingerprint density at radius 2 is 1.92 bits per heavy atom. The van der Waals surface area contributed by atoms with E-state index >= 15 is 0 Å². The second kappa shape index (κ2) is 5.02. The van der Waals surface area contributed by atoms with Gasteiger partial charge in [0.25, 0.3) is 0 Å². The summed E-state index contributed by atoms with van der Waals surface area (Å²) in [5, 5.41) is 0. The van der Waals surface area contributed by atoms with Gasteiger partial charge in [0.2, 0.25) is 0 Å². The molecular formula is C11H21N. The van der Waals surface area contributed by atoms with Crippen molar-refractivity contribution in [3.63, 3.8) is 0 Å². The summed E-state index contributed by atoms with van der Waals surface area (Å²) >= 11 is 0. The molecule has 0 aliphatic rings. The van der Waals surface area contributed by atoms with E-state index in [1.54, 1.807) is 0 Å². The average molecular weight is 167 g/mol. The van der Waals surface area contributed by atoms with Crippen LogP contribution in [-0.2, 0) is 0 Å². The van der Waals surface area contributed by atoms with Crippen molar-refractivity contribution >= 4 is 0 Å². The highest BCUT2D eigenvalue weighted by molar-refractivity contribution is 5.32. The van der Waals surface area contributed by atoms with E-state index in [0.717, 1.165) is 12.1 Å². The van der Waals surface area contributed by atoms with E-state index < -0.39 is 0 Å². The minimum atomic E-state index is 0.525. The molecule has 12 heavy (non-hydrogen) atoms. The molecule has 1 nitrogen and oxygen atoms in total. The number of allylic oxidation sites excluding steroid dienone is 3. The molecule has 0 radical (unpaired) electrons. The molecule has 0 aromatic carbocycles. The van der Waals surface area contributed by atoms with Gasteiger partial charge in [0.15, 0.2) is 0 Å². The van der Waals surface area contributed by atoms with Gasteiger partial charge in [0.05, 0.1) is 0 Å². The van der Waals surface area contributed by atoms with Crippen molar-refractivity contribution in [1.82, 2.24) is 0 Å². The van der Waals surface area contributed by atoms with Crippen LogP contribution < -0.4 is 5.73 Å². The quantitative estimate of drug-likeness (QED) is 0.642. The summed E-state index contributed by atoms with van der Waals surface area (Å²) in [6, 6.07) is 0. The summed E-state index contributed by atoms with van der Waals surface area (Å²) in [6.45, 7) is 10.6. The summed E-state index contributed by atoms with van der Waals surface area (Å²) in [4.78, 5) is 0. The maximum absolute atomic E-state index is 5.99. The van der Waals surface area contributed by atoms with E-state index in [1.165, 1.54) is 11.1 Å². The van der Waals surface area contributed by atoms with Gasteiger partial charge in [0.1, 0.15) is 0 Å². The third-order valence-electron chi connectivity index (χ3n) is 2.23. The highest BCUT2D eigenvalue weighted by Crippen LogP contribution is 2.19. The number of hydrogen-bond acceptors (Lipinski definition) is 1. The second-order valence-electron chi connectivity index (χ2n) is 3.45. The smallest absolute Gasteiger partial charge is 0.0334 e. The molecule has 0 saturated heterocycles. The van der Waals surface area contributed by atoms with E-state index in [2.05, 4.69) is 33.8 Å². The minimum absolute atomic E-state index is 0.525. The van der Waals surface area contributed by atoms with Crippen molar-refractivity contribution < 1.29 is 0 Å². The molecular weight excluding hydrogens is 146 g/mol. The van der Waals surface area contributed by atoms with Crippen LogP contribution in [0.4, 0.5) is 0 Å². The molecule has 1 heteroatoms. The van der Waals surface area contributed by atoms with Gasteiger partial charge in [-0.15, -0.1) is 0 Å². The van der Waals surface area contributed by atoms with Crippen molar-refractivity contribution in [3.8, 4) is 0 Å². The van der Waals surface area contributed by atoms with Crippen molar-refractivity contribution in [3.05, 3.63) is 22.9 Å². The first-order valence-electron chi connectivity index (χ1n) is 4.66. The molecule has 0 aromatic heterocycles. The third kappa shape index (κ3) is 2.72. The molecule has 0 aliphatic heterocycles. The molecule has 2 N–H and O–H groups in total. The van der Waals surface area contributed by atoms with Gasteiger partial charge in [0, 0.05) is 5.70 Å². The Bertz CT molecular complexity index is 197. The summed E-state index contributed by atoms with van der Waals surface area (Å²) in [6.07, 6.45) is 3.15. The summed E-state index contributed by atoms with van der Waals surface area (Å²) in [5.41, 5.74) is 9.54. The van der Waals surface area contributed by atoms with Gasteiger partial charge < -0.3 is 5.73 Å². The summed E-state index contributed by atoms with van der Waals surface area (Å²) in [7, 11) is 0. The first-order chi connectivity index (χ1) is 5.54. The predicted octanol–water partition coefficient (Wildman–Crippen LogP) is 3.23. The molecule has 0 aromatic rings. The lowest BCUT2D eigenvalue weighted by atomic mass is 9.96. The first kappa shape index (κ1) is 11.3. The van der Waals surface area contributed by atoms with E-state index in [1.807, 2.05) is 6.92 Å². The molecule has 0 amide bonds. The van der Waals surface area contributed by atoms with Crippen LogP contribution in [0.2, 0.25) is 0 Å². The lowest BCUT2D eigenvalue weighted by Crippen LogP contribution is -2.08. The Morgan fingerprint density at radius 3 is 2.17 bits per heavy atom. The fraction of sp³-hybridized carbons (Fsp3) is 0.636. The topological polar surface area (TPSA) is 26.0 Å². The van der Waals surface area contributed by atoms with E-state index in [-0.39, 0.29) is 0 Å². The van der Waals surface area contributed by atoms with Crippen LogP contribution in [-0.4, -0.2) is 0 Å². The van der Waals surface area contributed by atoms with Crippen LogP contribution in [0.5, 0.6) is 0 Å². The second-order valence-corrected chi connectivity index (χ2v) is 3.45. The summed E-state index contributed by atoms with van der Waals surface area (Å²) in [5.74, 6) is 0.525.